The Morgan fingerprint density at radius 2 is 1.86 bits per heavy atom. The van der Waals surface area contributed by atoms with E-state index in [0.29, 0.717) is 43.7 Å². The number of nitriles is 1. The van der Waals surface area contributed by atoms with Gasteiger partial charge in [-0.2, -0.15) is 18.4 Å². The van der Waals surface area contributed by atoms with Crippen LogP contribution < -0.4 is 0 Å². The minimum atomic E-state index is -4.42. The summed E-state index contributed by atoms with van der Waals surface area (Å²) in [6.07, 6.45) is 1.97. The molecule has 194 valence electrons. The highest BCUT2D eigenvalue weighted by Gasteiger charge is 2.31. The number of thioether (sulfide) groups is 1. The third kappa shape index (κ3) is 7.27. The maximum Gasteiger partial charge on any atom is 0.446 e. The molecule has 1 amide bonds. The highest BCUT2D eigenvalue weighted by molar-refractivity contribution is 8.00. The lowest BCUT2D eigenvalue weighted by molar-refractivity contribution is -0.0328. The summed E-state index contributed by atoms with van der Waals surface area (Å²) >= 11 is -0.215. The molecule has 0 spiro atoms. The maximum atomic E-state index is 12.8. The van der Waals surface area contributed by atoms with Crippen molar-refractivity contribution in [2.75, 3.05) is 26.2 Å². The summed E-state index contributed by atoms with van der Waals surface area (Å²) < 4.78 is 43.9. The van der Waals surface area contributed by atoms with Gasteiger partial charge < -0.3 is 14.6 Å². The van der Waals surface area contributed by atoms with Crippen LogP contribution in [0.15, 0.2) is 59.6 Å². The zero-order chi connectivity index (χ0) is 26.4. The van der Waals surface area contributed by atoms with Crippen molar-refractivity contribution in [3.63, 3.8) is 0 Å². The zero-order valence-electron chi connectivity index (χ0n) is 20.2. The number of ether oxygens (including phenoxy) is 1. The van der Waals surface area contributed by atoms with E-state index < -0.39 is 11.6 Å². The number of H-pyrrole nitrogens is 1. The van der Waals surface area contributed by atoms with Crippen LogP contribution in [0.2, 0.25) is 0 Å². The second-order valence-electron chi connectivity index (χ2n) is 8.69. The van der Waals surface area contributed by atoms with Gasteiger partial charge in [-0.1, -0.05) is 30.3 Å². The van der Waals surface area contributed by atoms with E-state index in [1.165, 1.54) is 18.2 Å². The van der Waals surface area contributed by atoms with Gasteiger partial charge in [0.1, 0.15) is 12.4 Å². The van der Waals surface area contributed by atoms with Crippen molar-refractivity contribution in [2.24, 2.45) is 0 Å². The minimum absolute atomic E-state index is 0.00132. The topological polar surface area (TPSA) is 85.2 Å². The van der Waals surface area contributed by atoms with Gasteiger partial charge in [-0.05, 0) is 48.9 Å². The molecule has 4 rings (SSSR count). The summed E-state index contributed by atoms with van der Waals surface area (Å²) in [5.41, 5.74) is -1.46. The molecule has 2 aromatic carbocycles. The number of aryl methyl sites for hydroxylation is 1. The lowest BCUT2D eigenvalue weighted by Gasteiger charge is -2.38. The molecule has 0 aliphatic carbocycles. The number of hydrogen-bond acceptors (Lipinski definition) is 6. The Hall–Kier alpha value is -3.49. The molecule has 1 aromatic heterocycles. The fraction of sp³-hybridized carbons (Fsp3) is 0.346. The Labute approximate surface area is 217 Å². The van der Waals surface area contributed by atoms with E-state index in [4.69, 9.17) is 10.00 Å². The molecule has 1 unspecified atom stereocenters. The van der Waals surface area contributed by atoms with Crippen LogP contribution in [-0.2, 0) is 17.8 Å². The molecule has 1 aliphatic heterocycles. The predicted octanol–water partition coefficient (Wildman–Crippen LogP) is 5.44. The Bertz CT molecular complexity index is 1250. The van der Waals surface area contributed by atoms with Gasteiger partial charge in [0.25, 0.3) is 0 Å². The standard InChI is InChI=1S/C26H26F3N5O2S/c1-18-31-16-22(32-18)23(14-19-6-8-20(15-30)9-7-19)33-10-12-34(13-11-33)25(35)36-17-21-4-2-3-5-24(21)37-26(27,28)29/h2-9,16,23H,10-14,17H2,1H3,(H,31,32). The van der Waals surface area contributed by atoms with Crippen LogP contribution in [0.3, 0.4) is 0 Å². The van der Waals surface area contributed by atoms with E-state index in [1.54, 1.807) is 23.1 Å². The molecule has 0 radical (unpaired) electrons. The summed E-state index contributed by atoms with van der Waals surface area (Å²) in [5.74, 6) is 0.811. The fourth-order valence-corrected chi connectivity index (χ4v) is 4.93. The highest BCUT2D eigenvalue weighted by Crippen LogP contribution is 2.38. The lowest BCUT2D eigenvalue weighted by atomic mass is 10.0. The highest BCUT2D eigenvalue weighted by atomic mass is 32.2. The Kier molecular flexibility index (Phi) is 8.41. The number of carbonyl (C=O) groups excluding carboxylic acids is 1. The molecule has 1 fully saturated rings. The molecule has 37 heavy (non-hydrogen) atoms. The average molecular weight is 530 g/mol. The molecule has 2 heterocycles. The number of rotatable bonds is 7. The van der Waals surface area contributed by atoms with E-state index in [0.717, 1.165) is 17.1 Å². The molecule has 3 aromatic rings. The fourth-order valence-electron chi connectivity index (χ4n) is 4.28. The number of nitrogens with one attached hydrogen (secondary N) is 1. The first kappa shape index (κ1) is 26.6. The maximum absolute atomic E-state index is 12.8. The summed E-state index contributed by atoms with van der Waals surface area (Å²) in [6, 6.07) is 15.6. The molecule has 1 atom stereocenters. The van der Waals surface area contributed by atoms with Crippen molar-refractivity contribution in [1.29, 1.82) is 5.26 Å². The third-order valence-corrected chi connectivity index (χ3v) is 7.01. The van der Waals surface area contributed by atoms with Crippen molar-refractivity contribution in [1.82, 2.24) is 19.8 Å². The van der Waals surface area contributed by atoms with E-state index in [2.05, 4.69) is 20.9 Å². The van der Waals surface area contributed by atoms with E-state index >= 15 is 0 Å². The molecule has 0 saturated carbocycles. The predicted molar refractivity (Wildman–Crippen MR) is 133 cm³/mol. The van der Waals surface area contributed by atoms with Crippen LogP contribution in [0, 0.1) is 18.3 Å². The number of alkyl halides is 3. The monoisotopic (exact) mass is 529 g/mol. The second kappa shape index (κ2) is 11.7. The van der Waals surface area contributed by atoms with Gasteiger partial charge in [0, 0.05) is 42.8 Å². The molecule has 1 aliphatic rings. The van der Waals surface area contributed by atoms with Gasteiger partial charge in [0.05, 0.1) is 23.4 Å². The number of aromatic nitrogens is 2. The van der Waals surface area contributed by atoms with Gasteiger partial charge in [-0.25, -0.2) is 9.78 Å². The smallest absolute Gasteiger partial charge is 0.444 e. The first-order valence-electron chi connectivity index (χ1n) is 11.7. The number of halogens is 3. The van der Waals surface area contributed by atoms with Gasteiger partial charge >= 0.3 is 11.6 Å². The largest absolute Gasteiger partial charge is 0.446 e. The number of carbonyl (C=O) groups is 1. The van der Waals surface area contributed by atoms with E-state index in [9.17, 15) is 18.0 Å². The average Bonchev–Trinajstić information content (AvgIpc) is 3.32. The minimum Gasteiger partial charge on any atom is -0.444 e. The zero-order valence-corrected chi connectivity index (χ0v) is 21.0. The number of hydrogen-bond donors (Lipinski definition) is 1. The SMILES string of the molecule is Cc1ncc(C(Cc2ccc(C#N)cc2)N2CCN(C(=O)OCc3ccccc3SC(F)(F)F)CC2)[nH]1. The number of benzene rings is 2. The van der Waals surface area contributed by atoms with Crippen LogP contribution in [0.25, 0.3) is 0 Å². The Morgan fingerprint density at radius 3 is 2.49 bits per heavy atom. The summed E-state index contributed by atoms with van der Waals surface area (Å²) in [7, 11) is 0. The van der Waals surface area contributed by atoms with Crippen LogP contribution in [0.1, 0.15) is 34.3 Å². The van der Waals surface area contributed by atoms with Gasteiger partial charge in [0.2, 0.25) is 0 Å². The van der Waals surface area contributed by atoms with Gasteiger partial charge in [-0.15, -0.1) is 0 Å². The van der Waals surface area contributed by atoms with Gasteiger partial charge in [0.15, 0.2) is 0 Å². The number of piperazine rings is 1. The van der Waals surface area contributed by atoms with E-state index in [-0.39, 0.29) is 29.3 Å². The molecular formula is C26H26F3N5O2S. The number of imidazole rings is 1. The van der Waals surface area contributed by atoms with Gasteiger partial charge in [-0.3, -0.25) is 4.90 Å². The van der Waals surface area contributed by atoms with E-state index in [1.807, 2.05) is 25.3 Å². The van der Waals surface area contributed by atoms with Crippen LogP contribution >= 0.6 is 11.8 Å². The van der Waals surface area contributed by atoms with Crippen LogP contribution in [-0.4, -0.2) is 57.5 Å². The summed E-state index contributed by atoms with van der Waals surface area (Å²) in [6.45, 7) is 3.70. The second-order valence-corrected chi connectivity index (χ2v) is 9.79. The number of nitrogens with zero attached hydrogens (tertiary/aromatic N) is 4. The first-order valence-corrected chi connectivity index (χ1v) is 12.5. The normalized spacial score (nSPS) is 15.3. The lowest BCUT2D eigenvalue weighted by Crippen LogP contribution is -2.50. The molecule has 1 saturated heterocycles. The quantitative estimate of drug-likeness (QED) is 0.411. The third-order valence-electron chi connectivity index (χ3n) is 6.16. The Balaban J connectivity index is 1.37. The van der Waals surface area contributed by atoms with Crippen molar-refractivity contribution in [2.45, 2.75) is 36.4 Å². The summed E-state index contributed by atoms with van der Waals surface area (Å²) in [4.78, 5) is 24.2. The van der Waals surface area contributed by atoms with Crippen molar-refractivity contribution < 1.29 is 22.7 Å². The van der Waals surface area contributed by atoms with Crippen LogP contribution in [0.4, 0.5) is 18.0 Å². The Morgan fingerprint density at radius 1 is 1.16 bits per heavy atom. The molecule has 1 N–H and O–H groups in total. The molecule has 0 bridgehead atoms. The number of amides is 1. The first-order chi connectivity index (χ1) is 17.7. The van der Waals surface area contributed by atoms with Crippen molar-refractivity contribution in [3.05, 3.63) is 82.9 Å². The molecular weight excluding hydrogens is 503 g/mol. The van der Waals surface area contributed by atoms with Crippen molar-refractivity contribution in [3.8, 4) is 6.07 Å². The number of aromatic amines is 1. The molecule has 7 nitrogen and oxygen atoms in total. The van der Waals surface area contributed by atoms with Crippen molar-refractivity contribution >= 4 is 17.9 Å². The molecule has 11 heteroatoms. The summed E-state index contributed by atoms with van der Waals surface area (Å²) in [5, 5.41) is 9.07. The van der Waals surface area contributed by atoms with Crippen LogP contribution in [0.5, 0.6) is 0 Å².